The van der Waals surface area contributed by atoms with Crippen LogP contribution in [0.4, 0.5) is 5.82 Å². The van der Waals surface area contributed by atoms with Crippen LogP contribution < -0.4 is 10.9 Å². The third kappa shape index (κ3) is 1.60. The van der Waals surface area contributed by atoms with Crippen molar-refractivity contribution in [2.24, 2.45) is 0 Å². The number of hydrogen-bond donors (Lipinski definition) is 2. The van der Waals surface area contributed by atoms with E-state index in [2.05, 4.69) is 15.8 Å². The summed E-state index contributed by atoms with van der Waals surface area (Å²) in [5, 5.41) is 8.65. The van der Waals surface area contributed by atoms with Crippen molar-refractivity contribution in [3.63, 3.8) is 0 Å². The Morgan fingerprint density at radius 1 is 1.46 bits per heavy atom. The van der Waals surface area contributed by atoms with Crippen LogP contribution in [0, 0.1) is 11.3 Å². The summed E-state index contributed by atoms with van der Waals surface area (Å²) in [7, 11) is 0. The van der Waals surface area contributed by atoms with E-state index in [-0.39, 0.29) is 0 Å². The fourth-order valence-electron chi connectivity index (χ4n) is 1.37. The van der Waals surface area contributed by atoms with Gasteiger partial charge in [0.25, 0.3) is 0 Å². The lowest BCUT2D eigenvalue weighted by Gasteiger charge is -2.05. The van der Waals surface area contributed by atoms with E-state index in [0.29, 0.717) is 5.69 Å². The van der Waals surface area contributed by atoms with Crippen LogP contribution in [0.3, 0.4) is 0 Å². The smallest absolute Gasteiger partial charge is 0.144 e. The number of anilines is 1. The summed E-state index contributed by atoms with van der Waals surface area (Å²) in [6.45, 7) is 0.929. The molecule has 4 nitrogen and oxygen atoms in total. The average Bonchev–Trinajstić information content (AvgIpc) is 2.41. The molecule has 0 bridgehead atoms. The maximum absolute atomic E-state index is 8.65. The van der Waals surface area contributed by atoms with E-state index in [1.165, 1.54) is 5.56 Å². The van der Waals surface area contributed by atoms with Crippen LogP contribution >= 0.6 is 0 Å². The molecule has 2 heterocycles. The summed E-state index contributed by atoms with van der Waals surface area (Å²) in [4.78, 5) is 4.16. The minimum Gasteiger partial charge on any atom is -0.306 e. The van der Waals surface area contributed by atoms with Gasteiger partial charge in [-0.2, -0.15) is 5.26 Å². The Labute approximate surface area is 76.6 Å². The second kappa shape index (κ2) is 3.42. The lowest BCUT2D eigenvalue weighted by atomic mass is 10.1. The second-order valence-corrected chi connectivity index (χ2v) is 2.97. The van der Waals surface area contributed by atoms with E-state index in [9.17, 15) is 0 Å². The Bertz CT molecular complexity index is 353. The van der Waals surface area contributed by atoms with Gasteiger partial charge >= 0.3 is 0 Å². The number of fused-ring (bicyclic) bond motifs is 1. The molecule has 0 aromatic carbocycles. The number of hydrogen-bond acceptors (Lipinski definition) is 4. The molecule has 1 aliphatic rings. The summed E-state index contributed by atoms with van der Waals surface area (Å²) >= 11 is 0. The largest absolute Gasteiger partial charge is 0.306 e. The quantitative estimate of drug-likeness (QED) is 0.611. The highest BCUT2D eigenvalue weighted by Crippen LogP contribution is 2.16. The first kappa shape index (κ1) is 8.02. The van der Waals surface area contributed by atoms with Crippen LogP contribution in [0.5, 0.6) is 0 Å². The van der Waals surface area contributed by atoms with Crippen molar-refractivity contribution in [3.8, 4) is 6.07 Å². The third-order valence-corrected chi connectivity index (χ3v) is 2.05. The summed E-state index contributed by atoms with van der Waals surface area (Å²) < 4.78 is 0. The van der Waals surface area contributed by atoms with E-state index >= 15 is 0 Å². The van der Waals surface area contributed by atoms with Crippen LogP contribution in [0.25, 0.3) is 0 Å². The Hall–Kier alpha value is -1.60. The lowest BCUT2D eigenvalue weighted by molar-refractivity contribution is 0.740. The number of aromatic nitrogens is 1. The molecule has 0 saturated heterocycles. The van der Waals surface area contributed by atoms with Crippen LogP contribution in [-0.2, 0) is 6.42 Å². The highest BCUT2D eigenvalue weighted by Gasteiger charge is 2.08. The molecule has 1 aromatic heterocycles. The van der Waals surface area contributed by atoms with Gasteiger partial charge in [-0.05, 0) is 24.5 Å². The topological polar surface area (TPSA) is 60.7 Å². The molecule has 13 heavy (non-hydrogen) atoms. The van der Waals surface area contributed by atoms with Crippen molar-refractivity contribution in [1.82, 2.24) is 10.4 Å². The third-order valence-electron chi connectivity index (χ3n) is 2.05. The first-order valence-corrected chi connectivity index (χ1v) is 4.29. The molecule has 0 atom stereocenters. The Balaban J connectivity index is 2.39. The number of rotatable bonds is 0. The summed E-state index contributed by atoms with van der Waals surface area (Å²) in [5.74, 6) is 0.788. The Kier molecular flexibility index (Phi) is 2.11. The molecule has 0 saturated carbocycles. The van der Waals surface area contributed by atoms with Crippen molar-refractivity contribution >= 4 is 5.82 Å². The Morgan fingerprint density at radius 3 is 3.23 bits per heavy atom. The van der Waals surface area contributed by atoms with Gasteiger partial charge in [-0.15, -0.1) is 0 Å². The number of nitriles is 1. The van der Waals surface area contributed by atoms with Gasteiger partial charge in [-0.3, -0.25) is 0 Å². The van der Waals surface area contributed by atoms with Gasteiger partial charge < -0.3 is 5.43 Å². The molecule has 1 aliphatic heterocycles. The monoisotopic (exact) mass is 174 g/mol. The van der Waals surface area contributed by atoms with Crippen molar-refractivity contribution in [1.29, 1.82) is 5.26 Å². The van der Waals surface area contributed by atoms with Crippen LogP contribution in [0.1, 0.15) is 17.7 Å². The van der Waals surface area contributed by atoms with E-state index < -0.39 is 0 Å². The number of aryl methyl sites for hydroxylation is 1. The second-order valence-electron chi connectivity index (χ2n) is 2.97. The number of pyridine rings is 1. The average molecular weight is 174 g/mol. The SMILES string of the molecule is N#Cc1ccc2c(n1)NNCCC2. The first-order chi connectivity index (χ1) is 6.40. The minimum absolute atomic E-state index is 0.454. The van der Waals surface area contributed by atoms with Crippen LogP contribution in [0.15, 0.2) is 12.1 Å². The normalized spacial score (nSPS) is 15.0. The number of hydrazine groups is 1. The molecule has 2 N–H and O–H groups in total. The molecule has 0 amide bonds. The zero-order valence-corrected chi connectivity index (χ0v) is 7.17. The highest BCUT2D eigenvalue weighted by molar-refractivity contribution is 5.46. The molecular formula is C9H10N4. The van der Waals surface area contributed by atoms with Gasteiger partial charge in [0.05, 0.1) is 0 Å². The first-order valence-electron chi connectivity index (χ1n) is 4.29. The fraction of sp³-hybridized carbons (Fsp3) is 0.333. The zero-order valence-electron chi connectivity index (χ0n) is 7.17. The van der Waals surface area contributed by atoms with Gasteiger partial charge in [-0.25, -0.2) is 10.4 Å². The standard InChI is InChI=1S/C9H10N4/c10-6-8-4-3-7-2-1-5-11-13-9(7)12-8/h3-4,11H,1-2,5H2,(H,12,13). The zero-order chi connectivity index (χ0) is 9.10. The van der Waals surface area contributed by atoms with Gasteiger partial charge in [0.15, 0.2) is 0 Å². The number of nitrogens with one attached hydrogen (secondary N) is 2. The molecule has 66 valence electrons. The highest BCUT2D eigenvalue weighted by atomic mass is 15.4. The molecule has 1 aromatic rings. The van der Waals surface area contributed by atoms with Crippen LogP contribution in [0.2, 0.25) is 0 Å². The predicted octanol–water partition coefficient (Wildman–Crippen LogP) is 0.816. The molecule has 4 heteroatoms. The summed E-state index contributed by atoms with van der Waals surface area (Å²) in [6.07, 6.45) is 2.10. The minimum atomic E-state index is 0.454. The molecule has 2 rings (SSSR count). The fourth-order valence-corrected chi connectivity index (χ4v) is 1.37. The van der Waals surface area contributed by atoms with Crippen molar-refractivity contribution in [2.75, 3.05) is 12.0 Å². The predicted molar refractivity (Wildman–Crippen MR) is 48.9 cm³/mol. The van der Waals surface area contributed by atoms with Crippen LogP contribution in [-0.4, -0.2) is 11.5 Å². The van der Waals surface area contributed by atoms with E-state index in [1.807, 2.05) is 12.1 Å². The summed E-state index contributed by atoms with van der Waals surface area (Å²) in [6, 6.07) is 5.73. The summed E-state index contributed by atoms with van der Waals surface area (Å²) in [5.41, 5.74) is 7.64. The molecular weight excluding hydrogens is 164 g/mol. The molecule has 0 aliphatic carbocycles. The maximum Gasteiger partial charge on any atom is 0.144 e. The van der Waals surface area contributed by atoms with Gasteiger partial charge in [-0.1, -0.05) is 6.07 Å². The molecule has 0 fully saturated rings. The van der Waals surface area contributed by atoms with Crippen molar-refractivity contribution < 1.29 is 0 Å². The van der Waals surface area contributed by atoms with Crippen molar-refractivity contribution in [3.05, 3.63) is 23.4 Å². The molecule has 0 radical (unpaired) electrons. The van der Waals surface area contributed by atoms with Crippen molar-refractivity contribution in [2.45, 2.75) is 12.8 Å². The van der Waals surface area contributed by atoms with E-state index in [1.54, 1.807) is 6.07 Å². The lowest BCUT2D eigenvalue weighted by Crippen LogP contribution is -2.21. The van der Waals surface area contributed by atoms with E-state index in [0.717, 1.165) is 25.2 Å². The maximum atomic E-state index is 8.65. The molecule has 0 unspecified atom stereocenters. The van der Waals surface area contributed by atoms with Gasteiger partial charge in [0.2, 0.25) is 0 Å². The Morgan fingerprint density at radius 2 is 2.38 bits per heavy atom. The van der Waals surface area contributed by atoms with Gasteiger partial charge in [0.1, 0.15) is 17.6 Å². The molecule has 0 spiro atoms. The van der Waals surface area contributed by atoms with Gasteiger partial charge in [0, 0.05) is 6.54 Å². The number of nitrogens with zero attached hydrogens (tertiary/aromatic N) is 2. The van der Waals surface area contributed by atoms with E-state index in [4.69, 9.17) is 5.26 Å².